The van der Waals surface area contributed by atoms with Gasteiger partial charge >= 0.3 is 0 Å². The van der Waals surface area contributed by atoms with Crippen LogP contribution >= 0.6 is 15.9 Å². The summed E-state index contributed by atoms with van der Waals surface area (Å²) in [6, 6.07) is 15.9. The van der Waals surface area contributed by atoms with Gasteiger partial charge in [0.05, 0.1) is 0 Å². The van der Waals surface area contributed by atoms with Gasteiger partial charge in [-0.25, -0.2) is 0 Å². The van der Waals surface area contributed by atoms with Gasteiger partial charge in [0.25, 0.3) is 0 Å². The summed E-state index contributed by atoms with van der Waals surface area (Å²) in [4.78, 5) is 0. The topological polar surface area (TPSA) is 0 Å². The van der Waals surface area contributed by atoms with Crippen molar-refractivity contribution < 1.29 is 0 Å². The lowest BCUT2D eigenvalue weighted by Crippen LogP contribution is -1.96. The largest absolute Gasteiger partial charge is 0.0613 e. The Morgan fingerprint density at radius 1 is 1.11 bits per heavy atom. The summed E-state index contributed by atoms with van der Waals surface area (Å²) in [5, 5.41) is 0. The van der Waals surface area contributed by atoms with Crippen LogP contribution in [0.25, 0.3) is 0 Å². The van der Waals surface area contributed by atoms with Crippen molar-refractivity contribution in [3.63, 3.8) is 0 Å². The second-order valence-electron chi connectivity index (χ2n) is 5.03. The Hall–Kier alpha value is -1.08. The van der Waals surface area contributed by atoms with Gasteiger partial charge in [-0.1, -0.05) is 53.2 Å². The van der Waals surface area contributed by atoms with Crippen LogP contribution in [0.5, 0.6) is 0 Å². The summed E-state index contributed by atoms with van der Waals surface area (Å²) in [6.07, 6.45) is 3.58. The van der Waals surface area contributed by atoms with E-state index in [-0.39, 0.29) is 0 Å². The molecule has 18 heavy (non-hydrogen) atoms. The molecule has 0 N–H and O–H groups in total. The Kier molecular flexibility index (Phi) is 3.25. The summed E-state index contributed by atoms with van der Waals surface area (Å²) in [5.74, 6) is 0.586. The minimum Gasteiger partial charge on any atom is -0.0613 e. The molecule has 0 saturated carbocycles. The lowest BCUT2D eigenvalue weighted by atomic mass is 9.92. The van der Waals surface area contributed by atoms with E-state index >= 15 is 0 Å². The Bertz CT molecular complexity index is 554. The quantitative estimate of drug-likeness (QED) is 0.725. The average Bonchev–Trinajstić information content (AvgIpc) is 2.82. The third-order valence-electron chi connectivity index (χ3n) is 3.98. The first-order valence-electron chi connectivity index (χ1n) is 6.65. The van der Waals surface area contributed by atoms with Crippen molar-refractivity contribution >= 4 is 15.9 Å². The molecule has 0 radical (unpaired) electrons. The minimum absolute atomic E-state index is 0.586. The van der Waals surface area contributed by atoms with Crippen molar-refractivity contribution in [2.24, 2.45) is 0 Å². The van der Waals surface area contributed by atoms with Crippen LogP contribution in [0.15, 0.2) is 46.9 Å². The summed E-state index contributed by atoms with van der Waals surface area (Å²) in [7, 11) is 0. The average molecular weight is 301 g/mol. The van der Waals surface area contributed by atoms with Gasteiger partial charge in [0.2, 0.25) is 0 Å². The number of halogens is 1. The zero-order valence-corrected chi connectivity index (χ0v) is 12.2. The van der Waals surface area contributed by atoms with E-state index in [2.05, 4.69) is 65.3 Å². The van der Waals surface area contributed by atoms with E-state index in [4.69, 9.17) is 0 Å². The molecule has 0 heterocycles. The second-order valence-corrected chi connectivity index (χ2v) is 5.95. The van der Waals surface area contributed by atoms with Gasteiger partial charge in [-0.2, -0.15) is 0 Å². The van der Waals surface area contributed by atoms with Crippen molar-refractivity contribution in [2.45, 2.75) is 32.1 Å². The Labute approximate surface area is 117 Å². The molecule has 0 nitrogen and oxygen atoms in total. The fraction of sp³-hybridized carbons (Fsp3) is 0.294. The summed E-state index contributed by atoms with van der Waals surface area (Å²) in [6.45, 7) is 2.21. The van der Waals surface area contributed by atoms with Crippen LogP contribution in [0.1, 0.15) is 41.5 Å². The van der Waals surface area contributed by atoms with Crippen LogP contribution < -0.4 is 0 Å². The maximum absolute atomic E-state index is 3.59. The molecule has 92 valence electrons. The van der Waals surface area contributed by atoms with Crippen LogP contribution in [-0.2, 0) is 12.8 Å². The highest BCUT2D eigenvalue weighted by molar-refractivity contribution is 9.10. The standard InChI is InChI=1S/C17H17Br/c1-2-12-3-5-13(6-4-12)16-10-8-14-7-9-15(18)11-17(14)16/h3-7,9,11,16H,2,8,10H2,1H3. The highest BCUT2D eigenvalue weighted by Gasteiger charge is 2.23. The van der Waals surface area contributed by atoms with E-state index < -0.39 is 0 Å². The number of fused-ring (bicyclic) bond motifs is 1. The molecule has 0 bridgehead atoms. The summed E-state index contributed by atoms with van der Waals surface area (Å²) in [5.41, 5.74) is 5.91. The summed E-state index contributed by atoms with van der Waals surface area (Å²) >= 11 is 3.59. The van der Waals surface area contributed by atoms with Gasteiger partial charge in [0.15, 0.2) is 0 Å². The monoisotopic (exact) mass is 300 g/mol. The molecule has 0 aliphatic heterocycles. The lowest BCUT2D eigenvalue weighted by Gasteiger charge is -2.13. The van der Waals surface area contributed by atoms with Crippen LogP contribution in [0.4, 0.5) is 0 Å². The number of hydrogen-bond acceptors (Lipinski definition) is 0. The number of hydrogen-bond donors (Lipinski definition) is 0. The molecular weight excluding hydrogens is 284 g/mol. The van der Waals surface area contributed by atoms with Crippen molar-refractivity contribution in [2.75, 3.05) is 0 Å². The molecule has 0 saturated heterocycles. The van der Waals surface area contributed by atoms with Crippen LogP contribution in [0.3, 0.4) is 0 Å². The van der Waals surface area contributed by atoms with Crippen LogP contribution in [-0.4, -0.2) is 0 Å². The van der Waals surface area contributed by atoms with E-state index in [0.29, 0.717) is 5.92 Å². The lowest BCUT2D eigenvalue weighted by molar-refractivity contribution is 0.787. The third-order valence-corrected chi connectivity index (χ3v) is 4.47. The molecule has 0 fully saturated rings. The minimum atomic E-state index is 0.586. The molecule has 1 aliphatic carbocycles. The molecule has 0 aromatic heterocycles. The predicted octanol–water partition coefficient (Wildman–Crippen LogP) is 5.09. The molecule has 2 aromatic rings. The molecule has 1 unspecified atom stereocenters. The van der Waals surface area contributed by atoms with E-state index in [1.165, 1.54) is 39.6 Å². The van der Waals surface area contributed by atoms with Crippen molar-refractivity contribution in [1.82, 2.24) is 0 Å². The number of aryl methyl sites for hydroxylation is 2. The van der Waals surface area contributed by atoms with Crippen molar-refractivity contribution in [3.8, 4) is 0 Å². The first kappa shape index (κ1) is 12.0. The fourth-order valence-electron chi connectivity index (χ4n) is 2.91. The SMILES string of the molecule is CCc1ccc(C2CCc3ccc(Br)cc32)cc1. The van der Waals surface area contributed by atoms with Crippen LogP contribution in [0.2, 0.25) is 0 Å². The van der Waals surface area contributed by atoms with E-state index in [1.54, 1.807) is 0 Å². The van der Waals surface area contributed by atoms with Gasteiger partial charge in [0.1, 0.15) is 0 Å². The van der Waals surface area contributed by atoms with Gasteiger partial charge in [0, 0.05) is 10.4 Å². The maximum Gasteiger partial charge on any atom is 0.0178 e. The molecule has 1 heteroatoms. The molecule has 3 rings (SSSR count). The fourth-order valence-corrected chi connectivity index (χ4v) is 3.28. The van der Waals surface area contributed by atoms with Crippen LogP contribution in [0, 0.1) is 0 Å². The molecule has 2 aromatic carbocycles. The third kappa shape index (κ3) is 2.12. The van der Waals surface area contributed by atoms with E-state index in [9.17, 15) is 0 Å². The molecule has 0 amide bonds. The van der Waals surface area contributed by atoms with Gasteiger partial charge < -0.3 is 0 Å². The highest BCUT2D eigenvalue weighted by Crippen LogP contribution is 2.39. The first-order valence-corrected chi connectivity index (χ1v) is 7.44. The van der Waals surface area contributed by atoms with E-state index in [1.807, 2.05) is 0 Å². The molecule has 0 spiro atoms. The van der Waals surface area contributed by atoms with Gasteiger partial charge in [-0.05, 0) is 53.6 Å². The smallest absolute Gasteiger partial charge is 0.0178 e. The first-order chi connectivity index (χ1) is 8.78. The highest BCUT2D eigenvalue weighted by atomic mass is 79.9. The number of rotatable bonds is 2. The molecular formula is C17H17Br. The zero-order chi connectivity index (χ0) is 12.5. The van der Waals surface area contributed by atoms with E-state index in [0.717, 1.165) is 6.42 Å². The summed E-state index contributed by atoms with van der Waals surface area (Å²) < 4.78 is 1.19. The Balaban J connectivity index is 1.97. The zero-order valence-electron chi connectivity index (χ0n) is 10.6. The van der Waals surface area contributed by atoms with Gasteiger partial charge in [-0.15, -0.1) is 0 Å². The van der Waals surface area contributed by atoms with Crippen molar-refractivity contribution in [1.29, 1.82) is 0 Å². The number of benzene rings is 2. The Morgan fingerprint density at radius 2 is 1.89 bits per heavy atom. The van der Waals surface area contributed by atoms with Gasteiger partial charge in [-0.3, -0.25) is 0 Å². The molecule has 1 aliphatic rings. The molecule has 1 atom stereocenters. The maximum atomic E-state index is 3.59. The van der Waals surface area contributed by atoms with Crippen molar-refractivity contribution in [3.05, 3.63) is 69.2 Å². The normalized spacial score (nSPS) is 17.8. The second kappa shape index (κ2) is 4.89. The Morgan fingerprint density at radius 3 is 2.61 bits per heavy atom. The predicted molar refractivity (Wildman–Crippen MR) is 80.1 cm³/mol.